The van der Waals surface area contributed by atoms with Gasteiger partial charge in [-0.05, 0) is 49.4 Å². The second-order valence-corrected chi connectivity index (χ2v) is 17.9. The van der Waals surface area contributed by atoms with E-state index in [-0.39, 0.29) is 17.3 Å². The van der Waals surface area contributed by atoms with Crippen LogP contribution in [-0.4, -0.2) is 82.7 Å². The number of nitrogens with two attached hydrogens (primary N) is 1. The Bertz CT molecular complexity index is 1780. The molecule has 0 aromatic heterocycles. The topological polar surface area (TPSA) is 134 Å². The number of likely N-dealkylation sites (N-methyl/N-ethyl adjacent to an activating group) is 1. The minimum Gasteiger partial charge on any atom is -0.461 e. The number of amides is 3. The summed E-state index contributed by atoms with van der Waals surface area (Å²) in [5.74, 6) is -1.85. The lowest BCUT2D eigenvalue weighted by Crippen LogP contribution is -2.55. The first-order valence-electron chi connectivity index (χ1n) is 17.9. The molecule has 1 aliphatic carbocycles. The normalized spacial score (nSPS) is 17.5. The van der Waals surface area contributed by atoms with Gasteiger partial charge in [0.2, 0.25) is 18.0 Å². The smallest absolute Gasteiger partial charge is 0.329 e. The predicted octanol–water partition coefficient (Wildman–Crippen LogP) is 6.42. The highest BCUT2D eigenvalue weighted by molar-refractivity contribution is 8.77. The fourth-order valence-electron chi connectivity index (χ4n) is 6.27. The van der Waals surface area contributed by atoms with Gasteiger partial charge in [0.15, 0.2) is 0 Å². The predicted molar refractivity (Wildman–Crippen MR) is 215 cm³/mol. The van der Waals surface area contributed by atoms with Crippen molar-refractivity contribution in [3.05, 3.63) is 101 Å². The summed E-state index contributed by atoms with van der Waals surface area (Å²) in [5.41, 5.74) is 9.24. The standard InChI is InChI=1S/C40H48ClN5O5S2/c1-40(2,3)53-52-25-31(42)37(48)45(4)36-38(49)46(33-21-20-28(41)23-30(33)35(44-36)27-16-10-6-11-17-27)24-34(47)43-32(22-26-14-8-5-9-15-26)39(50)51-29-18-12-7-13-19-29/h5-6,8-11,14-17,20-21,23,29,31-32,36H,7,12-13,18-19,22,24-25,42H2,1-4H3,(H,43,47)/t31?,32-,36?/m0/s1. The van der Waals surface area contributed by atoms with Gasteiger partial charge in [0.25, 0.3) is 5.91 Å². The molecule has 0 spiro atoms. The Morgan fingerprint density at radius 2 is 1.68 bits per heavy atom. The fourth-order valence-corrected chi connectivity index (χ4v) is 8.86. The number of fused-ring (bicyclic) bond motifs is 1. The lowest BCUT2D eigenvalue weighted by Gasteiger charge is -2.31. The van der Waals surface area contributed by atoms with Crippen LogP contribution in [0.2, 0.25) is 5.02 Å². The summed E-state index contributed by atoms with van der Waals surface area (Å²) in [5, 5.41) is 3.27. The van der Waals surface area contributed by atoms with Crippen LogP contribution in [0.4, 0.5) is 5.69 Å². The second kappa shape index (κ2) is 18.5. The van der Waals surface area contributed by atoms with Crippen molar-refractivity contribution >= 4 is 68.3 Å². The van der Waals surface area contributed by atoms with Gasteiger partial charge >= 0.3 is 5.97 Å². The van der Waals surface area contributed by atoms with Gasteiger partial charge < -0.3 is 20.7 Å². The van der Waals surface area contributed by atoms with Crippen LogP contribution in [-0.2, 0) is 30.3 Å². The molecule has 53 heavy (non-hydrogen) atoms. The van der Waals surface area contributed by atoms with Gasteiger partial charge in [-0.15, -0.1) is 0 Å². The number of nitrogens with zero attached hydrogens (tertiary/aromatic N) is 3. The van der Waals surface area contributed by atoms with Gasteiger partial charge in [-0.3, -0.25) is 19.3 Å². The van der Waals surface area contributed by atoms with Crippen LogP contribution in [0.1, 0.15) is 69.6 Å². The van der Waals surface area contributed by atoms with E-state index in [1.807, 2.05) is 60.7 Å². The fraction of sp³-hybridized carbons (Fsp3) is 0.425. The molecule has 2 unspecified atom stereocenters. The van der Waals surface area contributed by atoms with E-state index in [0.29, 0.717) is 33.3 Å². The highest BCUT2D eigenvalue weighted by atomic mass is 35.5. The number of anilines is 1. The van der Waals surface area contributed by atoms with E-state index >= 15 is 0 Å². The van der Waals surface area contributed by atoms with Crippen LogP contribution in [0.3, 0.4) is 0 Å². The third-order valence-corrected chi connectivity index (χ3v) is 12.5. The number of aliphatic imine (C=N–C) groups is 1. The zero-order valence-corrected chi connectivity index (χ0v) is 33.0. The maximum atomic E-state index is 14.7. The molecular weight excluding hydrogens is 730 g/mol. The average molecular weight is 778 g/mol. The third-order valence-electron chi connectivity index (χ3n) is 8.92. The summed E-state index contributed by atoms with van der Waals surface area (Å²) in [7, 11) is 4.61. The van der Waals surface area contributed by atoms with Crippen molar-refractivity contribution in [2.45, 2.75) is 88.4 Å². The molecule has 0 saturated heterocycles. The Balaban J connectivity index is 1.46. The molecule has 3 N–H and O–H groups in total. The number of carbonyl (C=O) groups excluding carboxylic acids is 4. The number of carbonyl (C=O) groups is 4. The van der Waals surface area contributed by atoms with E-state index in [2.05, 4.69) is 26.1 Å². The van der Waals surface area contributed by atoms with Crippen molar-refractivity contribution in [3.8, 4) is 0 Å². The van der Waals surface area contributed by atoms with Gasteiger partial charge in [0.1, 0.15) is 18.7 Å². The van der Waals surface area contributed by atoms with Gasteiger partial charge in [0.05, 0.1) is 17.4 Å². The highest BCUT2D eigenvalue weighted by Gasteiger charge is 2.39. The molecule has 10 nitrogen and oxygen atoms in total. The molecule has 1 aliphatic heterocycles. The summed E-state index contributed by atoms with van der Waals surface area (Å²) in [4.78, 5) is 63.5. The lowest BCUT2D eigenvalue weighted by molar-refractivity contribution is -0.154. The number of benzodiazepines with no additional fused rings is 1. The zero-order valence-electron chi connectivity index (χ0n) is 30.6. The quantitative estimate of drug-likeness (QED) is 0.150. The Hall–Kier alpha value is -3.84. The van der Waals surface area contributed by atoms with Crippen molar-refractivity contribution in [1.29, 1.82) is 0 Å². The van der Waals surface area contributed by atoms with Crippen LogP contribution >= 0.6 is 33.2 Å². The molecule has 2 aliphatic rings. The largest absolute Gasteiger partial charge is 0.461 e. The van der Waals surface area contributed by atoms with Gasteiger partial charge in [-0.1, -0.05) is 121 Å². The van der Waals surface area contributed by atoms with Crippen molar-refractivity contribution in [1.82, 2.24) is 10.2 Å². The lowest BCUT2D eigenvalue weighted by atomic mass is 9.97. The third kappa shape index (κ3) is 11.1. The van der Waals surface area contributed by atoms with E-state index in [1.54, 1.807) is 29.0 Å². The first-order valence-corrected chi connectivity index (χ1v) is 20.6. The van der Waals surface area contributed by atoms with E-state index in [4.69, 9.17) is 27.1 Å². The number of rotatable bonds is 13. The van der Waals surface area contributed by atoms with Gasteiger partial charge in [-0.25, -0.2) is 9.79 Å². The van der Waals surface area contributed by atoms with Gasteiger partial charge in [0, 0.05) is 40.1 Å². The van der Waals surface area contributed by atoms with Crippen LogP contribution in [0.15, 0.2) is 83.9 Å². The number of nitrogens with one attached hydrogen (secondary N) is 1. The van der Waals surface area contributed by atoms with Crippen molar-refractivity contribution in [3.63, 3.8) is 0 Å². The molecule has 13 heteroatoms. The van der Waals surface area contributed by atoms with Gasteiger partial charge in [-0.2, -0.15) is 0 Å². The molecule has 3 atom stereocenters. The van der Waals surface area contributed by atoms with Crippen molar-refractivity contribution in [2.24, 2.45) is 10.7 Å². The number of halogens is 1. The molecule has 282 valence electrons. The number of hydrogen-bond donors (Lipinski definition) is 2. The molecular formula is C40H48ClN5O5S2. The first-order chi connectivity index (χ1) is 25.3. The molecule has 0 radical (unpaired) electrons. The van der Waals surface area contributed by atoms with Crippen LogP contribution in [0.5, 0.6) is 0 Å². The van der Waals surface area contributed by atoms with E-state index in [9.17, 15) is 19.2 Å². The van der Waals surface area contributed by atoms with Crippen molar-refractivity contribution < 1.29 is 23.9 Å². The summed E-state index contributed by atoms with van der Waals surface area (Å²) in [6.45, 7) is 5.76. The summed E-state index contributed by atoms with van der Waals surface area (Å²) >= 11 is 6.53. The Morgan fingerprint density at radius 3 is 2.34 bits per heavy atom. The SMILES string of the molecule is CN(C(=O)C(N)CSSC(C)(C)C)C1N=C(c2ccccc2)c2cc(Cl)ccc2N(CC(=O)N[C@@H](Cc2ccccc2)C(=O)OC2CCCCC2)C1=O. The van der Waals surface area contributed by atoms with E-state index in [1.165, 1.54) is 27.6 Å². The summed E-state index contributed by atoms with van der Waals surface area (Å²) in [6.07, 6.45) is 3.30. The molecule has 1 fully saturated rings. The van der Waals surface area contributed by atoms with E-state index < -0.39 is 48.5 Å². The molecule has 5 rings (SSSR count). The van der Waals surface area contributed by atoms with Crippen LogP contribution in [0.25, 0.3) is 0 Å². The summed E-state index contributed by atoms with van der Waals surface area (Å²) < 4.78 is 5.87. The number of benzene rings is 3. The monoisotopic (exact) mass is 777 g/mol. The Labute approximate surface area is 325 Å². The Kier molecular flexibility index (Phi) is 14.1. The Morgan fingerprint density at radius 1 is 1.02 bits per heavy atom. The second-order valence-electron chi connectivity index (χ2n) is 14.3. The minimum absolute atomic E-state index is 0.0354. The molecule has 1 saturated carbocycles. The molecule has 3 aromatic carbocycles. The number of ether oxygens (including phenoxy) is 1. The maximum absolute atomic E-state index is 14.7. The number of hydrogen-bond acceptors (Lipinski definition) is 9. The van der Waals surface area contributed by atoms with Crippen molar-refractivity contribution in [2.75, 3.05) is 24.2 Å². The molecule has 3 amide bonds. The molecule has 1 heterocycles. The average Bonchev–Trinajstić information content (AvgIpc) is 3.25. The first kappa shape index (κ1) is 40.3. The molecule has 3 aromatic rings. The van der Waals surface area contributed by atoms with Crippen LogP contribution in [0, 0.1) is 0 Å². The minimum atomic E-state index is -1.36. The summed E-state index contributed by atoms with van der Waals surface area (Å²) in [6, 6.07) is 21.8. The zero-order chi connectivity index (χ0) is 38.1. The highest BCUT2D eigenvalue weighted by Crippen LogP contribution is 2.36. The van der Waals surface area contributed by atoms with Crippen LogP contribution < -0.4 is 16.0 Å². The number of esters is 1. The van der Waals surface area contributed by atoms with E-state index in [0.717, 1.165) is 37.7 Å². The maximum Gasteiger partial charge on any atom is 0.329 e. The molecule has 0 bridgehead atoms.